The van der Waals surface area contributed by atoms with Crippen molar-refractivity contribution < 1.29 is 4.79 Å². The first-order valence-electron chi connectivity index (χ1n) is 4.00. The molecule has 1 nitrogen and oxygen atoms in total. The van der Waals surface area contributed by atoms with E-state index < -0.39 is 8.07 Å². The lowest BCUT2D eigenvalue weighted by Gasteiger charge is -2.19. The fraction of sp³-hybridized carbons (Fsp3) is 0.875. The summed E-state index contributed by atoms with van der Waals surface area (Å²) in [6.45, 7) is 3.92. The van der Waals surface area contributed by atoms with Crippen molar-refractivity contribution in [3.05, 3.63) is 0 Å². The molecule has 0 N–H and O–H groups in total. The topological polar surface area (TPSA) is 17.1 Å². The Morgan fingerprint density at radius 3 is 2.14 bits per heavy atom. The summed E-state index contributed by atoms with van der Waals surface area (Å²) in [6.07, 6.45) is 0. The second-order valence-corrected chi connectivity index (χ2v) is 9.99. The Balaban J connectivity index is 2.79. The van der Waals surface area contributed by atoms with Crippen molar-refractivity contribution >= 4 is 71.9 Å². The van der Waals surface area contributed by atoms with E-state index in [1.165, 1.54) is 0 Å². The molecule has 1 aliphatic rings. The van der Waals surface area contributed by atoms with Gasteiger partial charge < -0.3 is 0 Å². The molecule has 0 saturated heterocycles. The second kappa shape index (κ2) is 4.06. The lowest BCUT2D eigenvalue weighted by molar-refractivity contribution is -0.113. The molecule has 1 aliphatic carbocycles. The van der Waals surface area contributed by atoms with Crippen LogP contribution in [0.4, 0.5) is 0 Å². The van der Waals surface area contributed by atoms with Gasteiger partial charge in [0.25, 0.3) is 0 Å². The highest BCUT2D eigenvalue weighted by atomic mass is 79.9. The number of carbonyl (C=O) groups is 1. The van der Waals surface area contributed by atoms with Gasteiger partial charge in [-0.2, -0.15) is 0 Å². The van der Waals surface area contributed by atoms with E-state index in [1.807, 2.05) is 13.8 Å². The van der Waals surface area contributed by atoms with Gasteiger partial charge in [-0.1, -0.05) is 57.3 Å². The van der Waals surface area contributed by atoms with E-state index in [2.05, 4.69) is 31.9 Å². The zero-order valence-corrected chi connectivity index (χ0v) is 13.0. The van der Waals surface area contributed by atoms with Crippen molar-refractivity contribution in [3.8, 4) is 0 Å². The number of rotatable bonds is 3. The first-order chi connectivity index (χ1) is 6.10. The maximum atomic E-state index is 11.1. The van der Waals surface area contributed by atoms with E-state index in [4.69, 9.17) is 34.8 Å². The highest BCUT2D eigenvalue weighted by Gasteiger charge is 2.66. The van der Waals surface area contributed by atoms with Gasteiger partial charge in [-0.3, -0.25) is 4.79 Å². The zero-order valence-electron chi connectivity index (χ0n) is 7.53. The van der Waals surface area contributed by atoms with Gasteiger partial charge in [0.2, 0.25) is 5.24 Å². The third kappa shape index (κ3) is 2.42. The SMILES string of the molecule is CC1(C)C(C(=O)Cl)C1C(Cl)C(Cl)(Br)Br. The lowest BCUT2D eigenvalue weighted by Crippen LogP contribution is -2.23. The molecule has 82 valence electrons. The van der Waals surface area contributed by atoms with E-state index in [0.29, 0.717) is 0 Å². The molecule has 0 amide bonds. The van der Waals surface area contributed by atoms with Gasteiger partial charge in [-0.15, -0.1) is 11.6 Å². The summed E-state index contributed by atoms with van der Waals surface area (Å²) in [7, 11) is 0. The van der Waals surface area contributed by atoms with Gasteiger partial charge in [0.05, 0.1) is 5.38 Å². The van der Waals surface area contributed by atoms with Gasteiger partial charge in [-0.05, 0) is 22.9 Å². The maximum Gasteiger partial charge on any atom is 0.225 e. The smallest absolute Gasteiger partial charge is 0.225 e. The molecule has 0 heterocycles. The molecule has 0 aromatic heterocycles. The van der Waals surface area contributed by atoms with Crippen LogP contribution in [-0.2, 0) is 4.79 Å². The Morgan fingerprint density at radius 1 is 1.50 bits per heavy atom. The summed E-state index contributed by atoms with van der Waals surface area (Å²) in [6, 6.07) is 0. The summed E-state index contributed by atoms with van der Waals surface area (Å²) in [4.78, 5) is 11.1. The van der Waals surface area contributed by atoms with E-state index >= 15 is 0 Å². The minimum absolute atomic E-state index is 0.00887. The van der Waals surface area contributed by atoms with Crippen LogP contribution in [0.25, 0.3) is 0 Å². The van der Waals surface area contributed by atoms with Crippen LogP contribution in [0.1, 0.15) is 13.8 Å². The van der Waals surface area contributed by atoms with E-state index in [0.717, 1.165) is 0 Å². The first kappa shape index (κ1) is 13.6. The average molecular weight is 387 g/mol. The van der Waals surface area contributed by atoms with Crippen molar-refractivity contribution in [1.29, 1.82) is 0 Å². The van der Waals surface area contributed by atoms with E-state index in [9.17, 15) is 4.79 Å². The third-order valence-corrected chi connectivity index (χ3v) is 5.48. The van der Waals surface area contributed by atoms with Crippen molar-refractivity contribution in [2.45, 2.75) is 21.9 Å². The Labute approximate surface area is 115 Å². The molecule has 3 atom stereocenters. The van der Waals surface area contributed by atoms with Crippen LogP contribution in [0, 0.1) is 17.3 Å². The fourth-order valence-electron chi connectivity index (χ4n) is 1.86. The molecule has 0 bridgehead atoms. The fourth-order valence-corrected chi connectivity index (χ4v) is 3.45. The predicted octanol–water partition coefficient (Wildman–Crippen LogP) is 4.31. The molecule has 0 aliphatic heterocycles. The standard InChI is InChI=1S/C8H9Br2Cl3O/c1-7(2)3(4(7)6(12)14)5(11)8(9,10)13/h3-5H,1-2H3. The number of hydrogen-bond acceptors (Lipinski definition) is 1. The van der Waals surface area contributed by atoms with Crippen LogP contribution >= 0.6 is 66.7 Å². The predicted molar refractivity (Wildman–Crippen MR) is 67.7 cm³/mol. The van der Waals surface area contributed by atoms with Crippen LogP contribution in [-0.4, -0.2) is 13.3 Å². The van der Waals surface area contributed by atoms with Crippen molar-refractivity contribution in [2.24, 2.45) is 17.3 Å². The summed E-state index contributed by atoms with van der Waals surface area (Å²) >= 11 is 24.0. The maximum absolute atomic E-state index is 11.1. The number of halogens is 5. The van der Waals surface area contributed by atoms with Gasteiger partial charge in [0.1, 0.15) is 0 Å². The van der Waals surface area contributed by atoms with E-state index in [1.54, 1.807) is 0 Å². The summed E-state index contributed by atoms with van der Waals surface area (Å²) in [5.74, 6) is -0.217. The molecule has 0 spiro atoms. The quantitative estimate of drug-likeness (QED) is 0.521. The van der Waals surface area contributed by atoms with Gasteiger partial charge in [-0.25, -0.2) is 0 Å². The Kier molecular flexibility index (Phi) is 3.94. The molecular weight excluding hydrogens is 378 g/mol. The largest absolute Gasteiger partial charge is 0.281 e. The van der Waals surface area contributed by atoms with Crippen molar-refractivity contribution in [2.75, 3.05) is 0 Å². The Morgan fingerprint density at radius 2 is 1.93 bits per heavy atom. The molecule has 6 heteroatoms. The Hall–Kier alpha value is 1.50. The normalized spacial score (nSPS) is 32.5. The molecule has 0 aromatic rings. The highest BCUT2D eigenvalue weighted by molar-refractivity contribution is 9.26. The molecule has 0 radical (unpaired) electrons. The molecular formula is C8H9Br2Cl3O. The zero-order chi connectivity index (χ0) is 11.3. The first-order valence-corrected chi connectivity index (χ1v) is 6.78. The summed E-state index contributed by atoms with van der Waals surface area (Å²) in [5, 5.41) is -0.738. The lowest BCUT2D eigenvalue weighted by atomic mass is 10.1. The Bertz CT molecular complexity index is 262. The molecule has 14 heavy (non-hydrogen) atoms. The molecule has 3 unspecified atom stereocenters. The minimum atomic E-state index is -0.884. The number of alkyl halides is 4. The van der Waals surface area contributed by atoms with Gasteiger partial charge in [0, 0.05) is 5.92 Å². The highest BCUT2D eigenvalue weighted by Crippen LogP contribution is 2.65. The summed E-state index contributed by atoms with van der Waals surface area (Å²) in [5.41, 5.74) is -0.174. The molecule has 1 saturated carbocycles. The minimum Gasteiger partial charge on any atom is -0.281 e. The van der Waals surface area contributed by atoms with Crippen molar-refractivity contribution in [1.82, 2.24) is 0 Å². The van der Waals surface area contributed by atoms with Crippen LogP contribution in [0.15, 0.2) is 0 Å². The second-order valence-electron chi connectivity index (χ2n) is 4.07. The van der Waals surface area contributed by atoms with Gasteiger partial charge >= 0.3 is 0 Å². The number of hydrogen-bond donors (Lipinski definition) is 0. The van der Waals surface area contributed by atoms with Crippen LogP contribution in [0.3, 0.4) is 0 Å². The monoisotopic (exact) mass is 384 g/mol. The van der Waals surface area contributed by atoms with Crippen LogP contribution < -0.4 is 0 Å². The summed E-state index contributed by atoms with van der Waals surface area (Å²) < 4.78 is -0.884. The molecule has 1 rings (SSSR count). The van der Waals surface area contributed by atoms with Crippen molar-refractivity contribution in [3.63, 3.8) is 0 Å². The van der Waals surface area contributed by atoms with Crippen LogP contribution in [0.5, 0.6) is 0 Å². The number of carbonyl (C=O) groups excluding carboxylic acids is 1. The van der Waals surface area contributed by atoms with Gasteiger partial charge in [0.15, 0.2) is 2.69 Å². The molecule has 0 aromatic carbocycles. The third-order valence-electron chi connectivity index (χ3n) is 2.78. The van der Waals surface area contributed by atoms with Crippen LogP contribution in [0.2, 0.25) is 0 Å². The van der Waals surface area contributed by atoms with E-state index in [-0.39, 0.29) is 22.5 Å². The molecule has 1 fully saturated rings. The average Bonchev–Trinajstić information content (AvgIpc) is 2.49.